The maximum Gasteiger partial charge on any atom is 0.194 e. The van der Waals surface area contributed by atoms with Crippen LogP contribution >= 0.6 is 0 Å². The van der Waals surface area contributed by atoms with Gasteiger partial charge in [0.05, 0.1) is 13.2 Å². The van der Waals surface area contributed by atoms with Crippen molar-refractivity contribution in [3.8, 4) is 0 Å². The molecule has 0 aromatic heterocycles. The molecule has 2 rings (SSSR count). The van der Waals surface area contributed by atoms with Crippen LogP contribution in [-0.2, 0) is 15.3 Å². The fourth-order valence-corrected chi connectivity index (χ4v) is 1.94. The van der Waals surface area contributed by atoms with Gasteiger partial charge >= 0.3 is 0 Å². The van der Waals surface area contributed by atoms with Crippen LogP contribution in [0.5, 0.6) is 0 Å². The Kier molecular flexibility index (Phi) is 3.03. The predicted molar refractivity (Wildman–Crippen MR) is 54.9 cm³/mol. The number of hydrogen-bond acceptors (Lipinski definition) is 2. The zero-order chi connectivity index (χ0) is 10.7. The van der Waals surface area contributed by atoms with Gasteiger partial charge in [0.2, 0.25) is 0 Å². The largest absolute Gasteiger partial charge is 0.343 e. The van der Waals surface area contributed by atoms with Gasteiger partial charge in [-0.15, -0.1) is 0 Å². The predicted octanol–water partition coefficient (Wildman–Crippen LogP) is 2.83. The highest BCUT2D eigenvalue weighted by atomic mass is 19.1. The summed E-state index contributed by atoms with van der Waals surface area (Å²) in [7, 11) is 0. The molecule has 82 valence electrons. The minimum Gasteiger partial charge on any atom is -0.343 e. The SMILES string of the molecule is CCCC1(c2ccc(F)cc2)OCCO1. The smallest absolute Gasteiger partial charge is 0.194 e. The molecule has 0 N–H and O–H groups in total. The van der Waals surface area contributed by atoms with Crippen LogP contribution in [0.1, 0.15) is 25.3 Å². The number of ether oxygens (including phenoxy) is 2. The third-order valence-corrected chi connectivity index (χ3v) is 2.62. The van der Waals surface area contributed by atoms with E-state index in [-0.39, 0.29) is 5.82 Å². The molecule has 0 aliphatic carbocycles. The summed E-state index contributed by atoms with van der Waals surface area (Å²) >= 11 is 0. The van der Waals surface area contributed by atoms with Crippen LogP contribution in [0.4, 0.5) is 4.39 Å². The topological polar surface area (TPSA) is 18.5 Å². The monoisotopic (exact) mass is 210 g/mol. The summed E-state index contributed by atoms with van der Waals surface area (Å²) in [6, 6.07) is 6.35. The molecule has 1 heterocycles. The van der Waals surface area contributed by atoms with E-state index in [4.69, 9.17) is 9.47 Å². The Hall–Kier alpha value is -0.930. The van der Waals surface area contributed by atoms with E-state index in [9.17, 15) is 4.39 Å². The standard InChI is InChI=1S/C12H15FO2/c1-2-7-12(14-8-9-15-12)10-3-5-11(13)6-4-10/h3-6H,2,7-9H2,1H3. The van der Waals surface area contributed by atoms with Gasteiger partial charge < -0.3 is 9.47 Å². The maximum absolute atomic E-state index is 12.8. The Morgan fingerprint density at radius 3 is 2.33 bits per heavy atom. The minimum absolute atomic E-state index is 0.233. The van der Waals surface area contributed by atoms with Crippen molar-refractivity contribution in [2.45, 2.75) is 25.6 Å². The molecule has 0 radical (unpaired) electrons. The fraction of sp³-hybridized carbons (Fsp3) is 0.500. The van der Waals surface area contributed by atoms with Gasteiger partial charge in [-0.05, 0) is 12.1 Å². The molecule has 0 unspecified atom stereocenters. The van der Waals surface area contributed by atoms with E-state index in [1.807, 2.05) is 0 Å². The lowest BCUT2D eigenvalue weighted by Crippen LogP contribution is -2.26. The lowest BCUT2D eigenvalue weighted by atomic mass is 10.0. The van der Waals surface area contributed by atoms with E-state index < -0.39 is 5.79 Å². The third-order valence-electron chi connectivity index (χ3n) is 2.62. The summed E-state index contributed by atoms with van der Waals surface area (Å²) in [5.74, 6) is -0.869. The summed E-state index contributed by atoms with van der Waals surface area (Å²) in [5, 5.41) is 0. The Labute approximate surface area is 89.0 Å². The summed E-state index contributed by atoms with van der Waals surface area (Å²) in [6.07, 6.45) is 1.77. The zero-order valence-corrected chi connectivity index (χ0v) is 8.83. The molecule has 1 saturated heterocycles. The molecule has 1 aromatic carbocycles. The highest BCUT2D eigenvalue weighted by Gasteiger charge is 2.37. The van der Waals surface area contributed by atoms with Crippen molar-refractivity contribution in [3.63, 3.8) is 0 Å². The molecule has 1 aliphatic heterocycles. The second kappa shape index (κ2) is 4.29. The maximum atomic E-state index is 12.8. The first-order valence-corrected chi connectivity index (χ1v) is 5.31. The molecular formula is C12H15FO2. The first-order valence-electron chi connectivity index (χ1n) is 5.31. The van der Waals surface area contributed by atoms with E-state index >= 15 is 0 Å². The zero-order valence-electron chi connectivity index (χ0n) is 8.83. The van der Waals surface area contributed by atoms with Gasteiger partial charge in [0.15, 0.2) is 5.79 Å². The van der Waals surface area contributed by atoms with Gasteiger partial charge in [0.25, 0.3) is 0 Å². The molecule has 1 fully saturated rings. The first-order chi connectivity index (χ1) is 7.27. The van der Waals surface area contributed by atoms with Crippen molar-refractivity contribution in [3.05, 3.63) is 35.6 Å². The highest BCUT2D eigenvalue weighted by Crippen LogP contribution is 2.35. The highest BCUT2D eigenvalue weighted by molar-refractivity contribution is 5.21. The number of halogens is 1. The summed E-state index contributed by atoms with van der Waals surface area (Å²) in [6.45, 7) is 3.30. The van der Waals surface area contributed by atoms with Gasteiger partial charge in [0.1, 0.15) is 5.82 Å². The number of benzene rings is 1. The molecule has 15 heavy (non-hydrogen) atoms. The number of rotatable bonds is 3. The Bertz CT molecular complexity index is 315. The summed E-state index contributed by atoms with van der Waals surface area (Å²) < 4.78 is 24.1. The molecule has 0 amide bonds. The quantitative estimate of drug-likeness (QED) is 0.763. The van der Waals surface area contributed by atoms with Gasteiger partial charge in [-0.3, -0.25) is 0 Å². The van der Waals surface area contributed by atoms with Crippen LogP contribution in [0.2, 0.25) is 0 Å². The second-order valence-corrected chi connectivity index (χ2v) is 3.71. The van der Waals surface area contributed by atoms with Crippen LogP contribution in [0.3, 0.4) is 0 Å². The Morgan fingerprint density at radius 1 is 1.20 bits per heavy atom. The van der Waals surface area contributed by atoms with Gasteiger partial charge in [-0.1, -0.05) is 25.5 Å². The molecule has 0 atom stereocenters. The van der Waals surface area contributed by atoms with Crippen molar-refractivity contribution in [1.82, 2.24) is 0 Å². The average Bonchev–Trinajstić information content (AvgIpc) is 2.69. The van der Waals surface area contributed by atoms with Crippen molar-refractivity contribution in [1.29, 1.82) is 0 Å². The average molecular weight is 210 g/mol. The number of hydrogen-bond donors (Lipinski definition) is 0. The Morgan fingerprint density at radius 2 is 1.80 bits per heavy atom. The third kappa shape index (κ3) is 2.03. The molecule has 1 aliphatic rings. The Balaban J connectivity index is 2.28. The molecule has 2 nitrogen and oxygen atoms in total. The van der Waals surface area contributed by atoms with E-state index in [0.29, 0.717) is 13.2 Å². The summed E-state index contributed by atoms with van der Waals surface area (Å²) in [4.78, 5) is 0. The lowest BCUT2D eigenvalue weighted by Gasteiger charge is -2.27. The van der Waals surface area contributed by atoms with E-state index in [0.717, 1.165) is 18.4 Å². The van der Waals surface area contributed by atoms with Gasteiger partial charge in [-0.2, -0.15) is 0 Å². The summed E-state index contributed by atoms with van der Waals surface area (Å²) in [5.41, 5.74) is 0.906. The van der Waals surface area contributed by atoms with Crippen LogP contribution in [0.25, 0.3) is 0 Å². The van der Waals surface area contributed by atoms with Gasteiger partial charge in [-0.25, -0.2) is 4.39 Å². The van der Waals surface area contributed by atoms with Crippen LogP contribution < -0.4 is 0 Å². The normalized spacial score (nSPS) is 19.3. The molecule has 0 spiro atoms. The molecule has 0 saturated carbocycles. The fourth-order valence-electron chi connectivity index (χ4n) is 1.94. The van der Waals surface area contributed by atoms with Crippen LogP contribution in [-0.4, -0.2) is 13.2 Å². The van der Waals surface area contributed by atoms with Crippen molar-refractivity contribution in [2.24, 2.45) is 0 Å². The van der Waals surface area contributed by atoms with Crippen molar-refractivity contribution >= 4 is 0 Å². The molecule has 1 aromatic rings. The first kappa shape index (κ1) is 10.6. The molecule has 3 heteroatoms. The molecular weight excluding hydrogens is 195 g/mol. The second-order valence-electron chi connectivity index (χ2n) is 3.71. The van der Waals surface area contributed by atoms with E-state index in [2.05, 4.69) is 6.92 Å². The molecule has 0 bridgehead atoms. The van der Waals surface area contributed by atoms with E-state index in [1.54, 1.807) is 12.1 Å². The van der Waals surface area contributed by atoms with Crippen LogP contribution in [0, 0.1) is 5.82 Å². The van der Waals surface area contributed by atoms with Crippen molar-refractivity contribution < 1.29 is 13.9 Å². The lowest BCUT2D eigenvalue weighted by molar-refractivity contribution is -0.171. The van der Waals surface area contributed by atoms with Gasteiger partial charge in [0, 0.05) is 12.0 Å². The minimum atomic E-state index is -0.636. The van der Waals surface area contributed by atoms with E-state index in [1.165, 1.54) is 12.1 Å². The van der Waals surface area contributed by atoms with Crippen LogP contribution in [0.15, 0.2) is 24.3 Å². The van der Waals surface area contributed by atoms with Crippen molar-refractivity contribution in [2.75, 3.05) is 13.2 Å².